The van der Waals surface area contributed by atoms with Crippen molar-refractivity contribution in [2.75, 3.05) is 5.32 Å². The largest absolute Gasteiger partial charge is 0.424 e. The van der Waals surface area contributed by atoms with Crippen molar-refractivity contribution in [3.63, 3.8) is 0 Å². The van der Waals surface area contributed by atoms with Crippen LogP contribution < -0.4 is 10.1 Å². The summed E-state index contributed by atoms with van der Waals surface area (Å²) in [5, 5.41) is 3.81. The molecule has 0 bridgehead atoms. The molecule has 8 nitrogen and oxygen atoms in total. The molecule has 3 heterocycles. The molecule has 0 spiro atoms. The van der Waals surface area contributed by atoms with Crippen LogP contribution in [0.25, 0.3) is 33.4 Å². The van der Waals surface area contributed by atoms with E-state index in [1.165, 1.54) is 6.08 Å². The first-order valence-corrected chi connectivity index (χ1v) is 11.8. The molecule has 184 valence electrons. The minimum atomic E-state index is -0.248. The molecule has 0 fully saturated rings. The van der Waals surface area contributed by atoms with Crippen LogP contribution in [-0.2, 0) is 11.8 Å². The highest BCUT2D eigenvalue weighted by molar-refractivity contribution is 6.05. The third-order valence-electron chi connectivity index (χ3n) is 6.22. The normalized spacial score (nSPS) is 10.9. The number of nitrogens with one attached hydrogen (secondary N) is 1. The van der Waals surface area contributed by atoms with E-state index in [9.17, 15) is 4.79 Å². The zero-order valence-corrected chi connectivity index (χ0v) is 21.1. The molecule has 0 aliphatic heterocycles. The zero-order chi connectivity index (χ0) is 26.1. The number of aryl methyl sites for hydroxylation is 4. The lowest BCUT2D eigenvalue weighted by atomic mass is 9.95. The monoisotopic (exact) mass is 490 g/mol. The lowest BCUT2D eigenvalue weighted by Gasteiger charge is -2.13. The van der Waals surface area contributed by atoms with E-state index < -0.39 is 0 Å². The summed E-state index contributed by atoms with van der Waals surface area (Å²) in [6, 6.07) is 15.8. The minimum absolute atomic E-state index is 0.248. The van der Waals surface area contributed by atoms with E-state index >= 15 is 0 Å². The van der Waals surface area contributed by atoms with Crippen molar-refractivity contribution >= 4 is 22.6 Å². The molecule has 0 saturated heterocycles. The number of hydrogen-bond donors (Lipinski definition) is 1. The third-order valence-corrected chi connectivity index (χ3v) is 6.22. The second-order valence-electron chi connectivity index (χ2n) is 8.77. The second kappa shape index (κ2) is 9.66. The molecule has 8 heteroatoms. The van der Waals surface area contributed by atoms with Gasteiger partial charge in [0.2, 0.25) is 5.91 Å². The van der Waals surface area contributed by atoms with Crippen LogP contribution in [-0.4, -0.2) is 30.4 Å². The van der Waals surface area contributed by atoms with Gasteiger partial charge in [-0.25, -0.2) is 19.9 Å². The summed E-state index contributed by atoms with van der Waals surface area (Å²) in [6.45, 7) is 9.43. The number of carbonyl (C=O) groups is 1. The molecular weight excluding hydrogens is 464 g/mol. The smallest absolute Gasteiger partial charge is 0.322 e. The topological polar surface area (TPSA) is 94.8 Å². The first-order valence-electron chi connectivity index (χ1n) is 11.8. The maximum absolute atomic E-state index is 11.8. The zero-order valence-electron chi connectivity index (χ0n) is 21.1. The molecule has 0 saturated carbocycles. The summed E-state index contributed by atoms with van der Waals surface area (Å²) in [7, 11) is 2.01. The number of anilines is 1. The SMILES string of the molecule is C=CC(=O)Nc1ccc(-c2c(-c3ccc(Oc4nccc(C)n4)cc3)c3c(C)ncnc3n2C)c(C)c1. The predicted octanol–water partition coefficient (Wildman–Crippen LogP) is 5.93. The molecule has 2 aromatic carbocycles. The minimum Gasteiger partial charge on any atom is -0.424 e. The molecule has 37 heavy (non-hydrogen) atoms. The van der Waals surface area contributed by atoms with Gasteiger partial charge < -0.3 is 14.6 Å². The first-order chi connectivity index (χ1) is 17.9. The number of hydrogen-bond acceptors (Lipinski definition) is 6. The van der Waals surface area contributed by atoms with Gasteiger partial charge in [0.25, 0.3) is 0 Å². The summed E-state index contributed by atoms with van der Waals surface area (Å²) >= 11 is 0. The van der Waals surface area contributed by atoms with E-state index in [0.717, 1.165) is 50.4 Å². The van der Waals surface area contributed by atoms with Gasteiger partial charge in [0, 0.05) is 41.1 Å². The molecule has 0 atom stereocenters. The Labute approximate surface area is 214 Å². The van der Waals surface area contributed by atoms with Gasteiger partial charge in [-0.1, -0.05) is 24.8 Å². The maximum Gasteiger partial charge on any atom is 0.322 e. The number of ether oxygens (including phenoxy) is 1. The van der Waals surface area contributed by atoms with Crippen LogP contribution in [0.3, 0.4) is 0 Å². The van der Waals surface area contributed by atoms with Crippen molar-refractivity contribution in [1.29, 1.82) is 0 Å². The summed E-state index contributed by atoms with van der Waals surface area (Å²) in [5.41, 5.74) is 8.35. The van der Waals surface area contributed by atoms with E-state index in [0.29, 0.717) is 17.4 Å². The number of aromatic nitrogens is 5. The van der Waals surface area contributed by atoms with Gasteiger partial charge in [-0.15, -0.1) is 0 Å². The Balaban J connectivity index is 1.63. The quantitative estimate of drug-likeness (QED) is 0.296. The fourth-order valence-electron chi connectivity index (χ4n) is 4.47. The van der Waals surface area contributed by atoms with Gasteiger partial charge in [0.1, 0.15) is 17.7 Å². The van der Waals surface area contributed by atoms with Crippen molar-refractivity contribution in [3.05, 3.63) is 90.7 Å². The Morgan fingerprint density at radius 1 is 1.03 bits per heavy atom. The second-order valence-corrected chi connectivity index (χ2v) is 8.77. The number of carbonyl (C=O) groups excluding carboxylic acids is 1. The first kappa shape index (κ1) is 23.9. The van der Waals surface area contributed by atoms with E-state index in [-0.39, 0.29) is 5.91 Å². The lowest BCUT2D eigenvalue weighted by Crippen LogP contribution is -2.07. The Hall–Kier alpha value is -4.85. The summed E-state index contributed by atoms with van der Waals surface area (Å²) < 4.78 is 7.95. The van der Waals surface area contributed by atoms with Crippen LogP contribution in [0, 0.1) is 20.8 Å². The van der Waals surface area contributed by atoms with Gasteiger partial charge in [0.15, 0.2) is 0 Å². The van der Waals surface area contributed by atoms with Gasteiger partial charge in [0.05, 0.1) is 11.4 Å². The highest BCUT2D eigenvalue weighted by atomic mass is 16.5. The Kier molecular flexibility index (Phi) is 6.23. The summed E-state index contributed by atoms with van der Waals surface area (Å²) in [4.78, 5) is 29.4. The van der Waals surface area contributed by atoms with Gasteiger partial charge in [-0.2, -0.15) is 0 Å². The van der Waals surface area contributed by atoms with Crippen molar-refractivity contribution in [3.8, 4) is 34.1 Å². The number of amides is 1. The number of rotatable bonds is 6. The van der Waals surface area contributed by atoms with Crippen molar-refractivity contribution < 1.29 is 9.53 Å². The van der Waals surface area contributed by atoms with E-state index in [2.05, 4.69) is 36.4 Å². The number of benzene rings is 2. The standard InChI is InChI=1S/C29H26N6O2/c1-6-24(36)34-21-9-12-23(17(2)15-21)27-26(25-19(4)31-16-32-28(25)35(27)5)20-7-10-22(11-8-20)37-29-30-14-13-18(3)33-29/h6-16H,1H2,2-5H3,(H,34,36). The van der Waals surface area contributed by atoms with Crippen LogP contribution in [0.1, 0.15) is 17.0 Å². The average Bonchev–Trinajstić information content (AvgIpc) is 3.18. The third kappa shape index (κ3) is 4.56. The molecule has 0 aliphatic rings. The summed E-state index contributed by atoms with van der Waals surface area (Å²) in [5.74, 6) is 0.393. The predicted molar refractivity (Wildman–Crippen MR) is 145 cm³/mol. The highest BCUT2D eigenvalue weighted by Crippen LogP contribution is 2.42. The molecule has 1 amide bonds. The van der Waals surface area contributed by atoms with E-state index in [1.54, 1.807) is 12.5 Å². The fourth-order valence-corrected chi connectivity index (χ4v) is 4.47. The van der Waals surface area contributed by atoms with Crippen molar-refractivity contribution in [1.82, 2.24) is 24.5 Å². The molecule has 3 aromatic heterocycles. The Morgan fingerprint density at radius 3 is 2.51 bits per heavy atom. The average molecular weight is 491 g/mol. The van der Waals surface area contributed by atoms with Crippen LogP contribution in [0.4, 0.5) is 5.69 Å². The van der Waals surface area contributed by atoms with Gasteiger partial charge in [-0.05, 0) is 68.3 Å². The summed E-state index contributed by atoms with van der Waals surface area (Å²) in [6.07, 6.45) is 4.52. The van der Waals surface area contributed by atoms with E-state index in [1.807, 2.05) is 76.3 Å². The molecule has 0 unspecified atom stereocenters. The van der Waals surface area contributed by atoms with Gasteiger partial charge in [-0.3, -0.25) is 4.79 Å². The molecule has 5 rings (SSSR count). The molecule has 0 aliphatic carbocycles. The van der Waals surface area contributed by atoms with Crippen LogP contribution in [0.5, 0.6) is 11.8 Å². The molecular formula is C29H26N6O2. The Bertz CT molecular complexity index is 1650. The van der Waals surface area contributed by atoms with Crippen LogP contribution in [0.2, 0.25) is 0 Å². The molecule has 5 aromatic rings. The van der Waals surface area contributed by atoms with E-state index in [4.69, 9.17) is 4.74 Å². The van der Waals surface area contributed by atoms with Crippen LogP contribution in [0.15, 0.2) is 73.7 Å². The maximum atomic E-state index is 11.8. The van der Waals surface area contributed by atoms with Crippen molar-refractivity contribution in [2.45, 2.75) is 20.8 Å². The fraction of sp³-hybridized carbons (Fsp3) is 0.138. The molecule has 0 radical (unpaired) electrons. The van der Waals surface area contributed by atoms with Crippen molar-refractivity contribution in [2.24, 2.45) is 7.05 Å². The van der Waals surface area contributed by atoms with Crippen LogP contribution >= 0.6 is 0 Å². The highest BCUT2D eigenvalue weighted by Gasteiger charge is 2.22. The van der Waals surface area contributed by atoms with Gasteiger partial charge >= 0.3 is 6.01 Å². The Morgan fingerprint density at radius 2 is 1.81 bits per heavy atom. The lowest BCUT2D eigenvalue weighted by molar-refractivity contribution is -0.111. The number of nitrogens with zero attached hydrogens (tertiary/aromatic N) is 5. The molecule has 1 N–H and O–H groups in total. The number of fused-ring (bicyclic) bond motifs is 1.